The van der Waals surface area contributed by atoms with Gasteiger partial charge in [0.1, 0.15) is 5.75 Å². The second kappa shape index (κ2) is 14.3. The number of carbonyl (C=O) groups is 3. The van der Waals surface area contributed by atoms with Crippen molar-refractivity contribution in [1.82, 2.24) is 14.7 Å². The largest absolute Gasteiger partial charge is 0.573 e. The number of ether oxygens (including phenoxy) is 1. The third-order valence-electron chi connectivity index (χ3n) is 8.98. The molecule has 3 amide bonds. The number of nitrogens with zero attached hydrogens (tertiary/aromatic N) is 3. The SMILES string of the molecule is CC(=O)N1CCC(C(=O)N2CC[C@@H](N(C)C(=O)c3cc(-c4ccc(Cl)cc4)ccc3OC(F)(F)F)[C@H](c3ccc(Cl)c(Cl)c3)C2)CC1. The molecule has 2 fully saturated rings. The van der Waals surface area contributed by atoms with E-state index in [-0.39, 0.29) is 29.8 Å². The van der Waals surface area contributed by atoms with Crippen LogP contribution in [-0.4, -0.2) is 78.1 Å². The molecule has 0 spiro atoms. The molecule has 2 atom stereocenters. The number of hydrogen-bond acceptors (Lipinski definition) is 4. The highest BCUT2D eigenvalue weighted by Gasteiger charge is 2.40. The average Bonchev–Trinajstić information content (AvgIpc) is 3.04. The Kier molecular flexibility index (Phi) is 10.6. The van der Waals surface area contributed by atoms with Gasteiger partial charge in [-0.15, -0.1) is 13.2 Å². The quantitative estimate of drug-likeness (QED) is 0.261. The molecule has 3 aromatic carbocycles. The number of benzene rings is 3. The van der Waals surface area contributed by atoms with Gasteiger partial charge in [0.15, 0.2) is 0 Å². The fraction of sp³-hybridized carbons (Fsp3) is 0.382. The molecule has 0 N–H and O–H groups in total. The molecule has 0 aromatic heterocycles. The molecule has 47 heavy (non-hydrogen) atoms. The summed E-state index contributed by atoms with van der Waals surface area (Å²) in [4.78, 5) is 44.5. The smallest absolute Gasteiger partial charge is 0.405 e. The lowest BCUT2D eigenvalue weighted by Gasteiger charge is -2.44. The minimum absolute atomic E-state index is 0.0217. The van der Waals surface area contributed by atoms with Gasteiger partial charge in [-0.2, -0.15) is 0 Å². The number of rotatable bonds is 6. The molecule has 0 unspecified atom stereocenters. The van der Waals surface area contributed by atoms with Crippen molar-refractivity contribution in [2.45, 2.75) is 44.5 Å². The number of alkyl halides is 3. The molecule has 0 aliphatic carbocycles. The minimum Gasteiger partial charge on any atom is -0.405 e. The van der Waals surface area contributed by atoms with Gasteiger partial charge in [-0.3, -0.25) is 14.4 Å². The van der Waals surface area contributed by atoms with Crippen molar-refractivity contribution in [1.29, 1.82) is 0 Å². The Labute approximate surface area is 286 Å². The van der Waals surface area contributed by atoms with Gasteiger partial charge in [0.2, 0.25) is 11.8 Å². The predicted molar refractivity (Wildman–Crippen MR) is 175 cm³/mol. The maximum absolute atomic E-state index is 14.1. The molecule has 250 valence electrons. The van der Waals surface area contributed by atoms with Gasteiger partial charge in [0, 0.05) is 63.1 Å². The summed E-state index contributed by atoms with van der Waals surface area (Å²) < 4.78 is 44.7. The van der Waals surface area contributed by atoms with Crippen molar-refractivity contribution < 1.29 is 32.3 Å². The summed E-state index contributed by atoms with van der Waals surface area (Å²) in [5.41, 5.74) is 1.63. The molecule has 0 radical (unpaired) electrons. The molecule has 2 aliphatic rings. The summed E-state index contributed by atoms with van der Waals surface area (Å²) in [6.45, 7) is 3.12. The third-order valence-corrected chi connectivity index (χ3v) is 9.97. The van der Waals surface area contributed by atoms with Crippen molar-refractivity contribution in [3.05, 3.63) is 86.9 Å². The second-order valence-electron chi connectivity index (χ2n) is 11.9. The summed E-state index contributed by atoms with van der Waals surface area (Å²) >= 11 is 18.6. The standard InChI is InChI=1S/C34H33Cl3F3N3O4/c1-20(44)42-14-11-22(12-15-42)32(45)43-16-13-30(27(19-43)24-5-9-28(36)29(37)18-24)41(2)33(46)26-17-23(21-3-7-25(35)8-4-21)6-10-31(26)47-34(38,39)40/h3-10,17-18,22,27,30H,11-16,19H2,1-2H3/t27-,30+/m0/s1. The molecule has 0 bridgehead atoms. The highest BCUT2D eigenvalue weighted by molar-refractivity contribution is 6.42. The first-order valence-corrected chi connectivity index (χ1v) is 16.3. The van der Waals surface area contributed by atoms with Crippen LogP contribution in [0, 0.1) is 5.92 Å². The fourth-order valence-electron chi connectivity index (χ4n) is 6.45. The van der Waals surface area contributed by atoms with Crippen molar-refractivity contribution >= 4 is 52.5 Å². The van der Waals surface area contributed by atoms with Crippen molar-refractivity contribution in [2.24, 2.45) is 5.92 Å². The van der Waals surface area contributed by atoms with Crippen LogP contribution >= 0.6 is 34.8 Å². The van der Waals surface area contributed by atoms with E-state index in [1.807, 2.05) is 0 Å². The zero-order chi connectivity index (χ0) is 34.0. The van der Waals surface area contributed by atoms with E-state index in [9.17, 15) is 27.6 Å². The number of carbonyl (C=O) groups excluding carboxylic acids is 3. The van der Waals surface area contributed by atoms with Crippen molar-refractivity contribution in [3.63, 3.8) is 0 Å². The van der Waals surface area contributed by atoms with Gasteiger partial charge < -0.3 is 19.4 Å². The van der Waals surface area contributed by atoms with E-state index in [1.54, 1.807) is 59.3 Å². The van der Waals surface area contributed by atoms with Crippen LogP contribution in [0.2, 0.25) is 15.1 Å². The second-order valence-corrected chi connectivity index (χ2v) is 13.1. The third kappa shape index (κ3) is 8.16. The first-order chi connectivity index (χ1) is 22.2. The van der Waals surface area contributed by atoms with Crippen molar-refractivity contribution in [2.75, 3.05) is 33.2 Å². The Morgan fingerprint density at radius 2 is 1.47 bits per heavy atom. The molecule has 2 aliphatic heterocycles. The lowest BCUT2D eigenvalue weighted by molar-refractivity contribution is -0.274. The summed E-state index contributed by atoms with van der Waals surface area (Å²) in [6.07, 6.45) is -3.55. The highest BCUT2D eigenvalue weighted by Crippen LogP contribution is 2.38. The maximum atomic E-state index is 14.1. The van der Waals surface area contributed by atoms with E-state index in [4.69, 9.17) is 34.8 Å². The number of halogens is 6. The number of piperidine rings is 2. The van der Waals surface area contributed by atoms with Gasteiger partial charge in [0.05, 0.1) is 15.6 Å². The van der Waals surface area contributed by atoms with Crippen LogP contribution < -0.4 is 4.74 Å². The summed E-state index contributed by atoms with van der Waals surface area (Å²) in [7, 11) is 1.54. The zero-order valence-corrected chi connectivity index (χ0v) is 28.0. The first-order valence-electron chi connectivity index (χ1n) is 15.1. The molecular formula is C34H33Cl3F3N3O4. The Balaban J connectivity index is 1.45. The molecular weight excluding hydrogens is 678 g/mol. The predicted octanol–water partition coefficient (Wildman–Crippen LogP) is 7.93. The molecule has 2 heterocycles. The molecule has 3 aromatic rings. The van der Waals surface area contributed by atoms with E-state index in [2.05, 4.69) is 4.74 Å². The Hall–Kier alpha value is -3.47. The number of hydrogen-bond donors (Lipinski definition) is 0. The summed E-state index contributed by atoms with van der Waals surface area (Å²) in [5.74, 6) is -2.02. The maximum Gasteiger partial charge on any atom is 0.573 e. The van der Waals surface area contributed by atoms with Crippen LogP contribution in [0.4, 0.5) is 13.2 Å². The lowest BCUT2D eigenvalue weighted by atomic mass is 9.83. The van der Waals surface area contributed by atoms with E-state index >= 15 is 0 Å². The number of likely N-dealkylation sites (tertiary alicyclic amines) is 2. The summed E-state index contributed by atoms with van der Waals surface area (Å²) in [5, 5.41) is 1.13. The van der Waals surface area contributed by atoms with Gasteiger partial charge in [-0.05, 0) is 72.4 Å². The highest BCUT2D eigenvalue weighted by atomic mass is 35.5. The monoisotopic (exact) mass is 709 g/mol. The minimum atomic E-state index is -5.02. The van der Waals surface area contributed by atoms with Crippen molar-refractivity contribution in [3.8, 4) is 16.9 Å². The van der Waals surface area contributed by atoms with Crippen LogP contribution in [0.3, 0.4) is 0 Å². The van der Waals surface area contributed by atoms with Crippen LogP contribution in [0.1, 0.15) is 48.0 Å². The van der Waals surface area contributed by atoms with Crippen LogP contribution in [-0.2, 0) is 9.59 Å². The van der Waals surface area contributed by atoms with E-state index in [0.717, 1.165) is 11.6 Å². The Morgan fingerprint density at radius 1 is 0.830 bits per heavy atom. The van der Waals surface area contributed by atoms with Crippen LogP contribution in [0.25, 0.3) is 11.1 Å². The van der Waals surface area contributed by atoms with Crippen LogP contribution in [0.15, 0.2) is 60.7 Å². The first kappa shape index (κ1) is 34.9. The molecule has 13 heteroatoms. The molecule has 5 rings (SSSR count). The molecule has 2 saturated heterocycles. The Bertz CT molecular complexity index is 1650. The van der Waals surface area contributed by atoms with Gasteiger partial charge in [0.25, 0.3) is 5.91 Å². The van der Waals surface area contributed by atoms with Gasteiger partial charge in [-0.25, -0.2) is 0 Å². The van der Waals surface area contributed by atoms with E-state index < -0.39 is 30.0 Å². The number of likely N-dealkylation sites (N-methyl/N-ethyl adjacent to an activating group) is 1. The number of amides is 3. The fourth-order valence-corrected chi connectivity index (χ4v) is 6.88. The molecule has 0 saturated carbocycles. The normalized spacial score (nSPS) is 19.0. The lowest BCUT2D eigenvalue weighted by Crippen LogP contribution is -2.53. The van der Waals surface area contributed by atoms with E-state index in [0.29, 0.717) is 65.1 Å². The zero-order valence-electron chi connectivity index (χ0n) is 25.7. The van der Waals surface area contributed by atoms with E-state index in [1.165, 1.54) is 24.0 Å². The Morgan fingerprint density at radius 3 is 2.09 bits per heavy atom. The van der Waals surface area contributed by atoms with Gasteiger partial charge in [-0.1, -0.05) is 59.1 Å². The topological polar surface area (TPSA) is 70.2 Å². The van der Waals surface area contributed by atoms with Crippen LogP contribution in [0.5, 0.6) is 5.75 Å². The van der Waals surface area contributed by atoms with Gasteiger partial charge >= 0.3 is 6.36 Å². The molecule has 7 nitrogen and oxygen atoms in total. The average molecular weight is 711 g/mol. The summed E-state index contributed by atoms with van der Waals surface area (Å²) in [6, 6.07) is 15.3.